The largest absolute Gasteiger partial charge is 0.464 e. The lowest BCUT2D eigenvalue weighted by Gasteiger charge is -2.31. The SMILES string of the molecule is CCN(C(c1ccc(F)cc1)C(F)(F)F)S(=O)(=O)c1cnc(C(=O)OC)s1. The maximum absolute atomic E-state index is 13.7. The van der Waals surface area contributed by atoms with Crippen LogP contribution in [0.25, 0.3) is 0 Å². The van der Waals surface area contributed by atoms with Crippen LogP contribution in [0, 0.1) is 5.82 Å². The molecule has 0 saturated carbocycles. The van der Waals surface area contributed by atoms with Gasteiger partial charge in [-0.05, 0) is 17.7 Å². The fraction of sp³-hybridized carbons (Fsp3) is 0.333. The van der Waals surface area contributed by atoms with Gasteiger partial charge in [0.25, 0.3) is 10.0 Å². The summed E-state index contributed by atoms with van der Waals surface area (Å²) >= 11 is 0.399. The van der Waals surface area contributed by atoms with Gasteiger partial charge in [0.2, 0.25) is 5.01 Å². The van der Waals surface area contributed by atoms with Crippen LogP contribution in [0.2, 0.25) is 0 Å². The molecule has 0 aliphatic rings. The van der Waals surface area contributed by atoms with Crippen LogP contribution in [-0.4, -0.2) is 43.5 Å². The summed E-state index contributed by atoms with van der Waals surface area (Å²) in [6, 6.07) is 0.848. The average molecular weight is 426 g/mol. The highest BCUT2D eigenvalue weighted by Crippen LogP contribution is 2.41. The number of benzene rings is 1. The van der Waals surface area contributed by atoms with Gasteiger partial charge in [-0.25, -0.2) is 22.6 Å². The number of methoxy groups -OCH3 is 1. The van der Waals surface area contributed by atoms with Crippen LogP contribution in [0.1, 0.15) is 28.3 Å². The molecule has 1 aromatic carbocycles. The number of alkyl halides is 3. The number of nitrogens with zero attached hydrogens (tertiary/aromatic N) is 2. The van der Waals surface area contributed by atoms with E-state index in [2.05, 4.69) is 9.72 Å². The van der Waals surface area contributed by atoms with Gasteiger partial charge in [0.1, 0.15) is 11.9 Å². The maximum atomic E-state index is 13.7. The lowest BCUT2D eigenvalue weighted by Crippen LogP contribution is -2.42. The minimum absolute atomic E-state index is 0.231. The van der Waals surface area contributed by atoms with Crippen molar-refractivity contribution in [3.63, 3.8) is 0 Å². The van der Waals surface area contributed by atoms with Crippen molar-refractivity contribution in [3.8, 4) is 0 Å². The van der Waals surface area contributed by atoms with Crippen LogP contribution < -0.4 is 0 Å². The number of thiazole rings is 1. The Morgan fingerprint density at radius 3 is 2.37 bits per heavy atom. The van der Waals surface area contributed by atoms with Crippen LogP contribution in [0.4, 0.5) is 17.6 Å². The molecule has 27 heavy (non-hydrogen) atoms. The first-order valence-electron chi connectivity index (χ1n) is 7.40. The summed E-state index contributed by atoms with van der Waals surface area (Å²) in [5.74, 6) is -1.66. The molecule has 0 amide bonds. The van der Waals surface area contributed by atoms with E-state index in [1.165, 1.54) is 6.92 Å². The molecule has 0 aliphatic heterocycles. The molecular weight excluding hydrogens is 412 g/mol. The van der Waals surface area contributed by atoms with E-state index < -0.39 is 50.3 Å². The predicted molar refractivity (Wildman–Crippen MR) is 88.2 cm³/mol. The summed E-state index contributed by atoms with van der Waals surface area (Å²) < 4.78 is 83.8. The molecule has 1 atom stereocenters. The van der Waals surface area contributed by atoms with Gasteiger partial charge in [-0.3, -0.25) is 0 Å². The number of halogens is 4. The fourth-order valence-corrected chi connectivity index (χ4v) is 5.12. The summed E-state index contributed by atoms with van der Waals surface area (Å²) in [5.41, 5.74) is -0.438. The molecule has 148 valence electrons. The molecular formula is C15H14F4N2O4S2. The molecule has 0 bridgehead atoms. The Kier molecular flexibility index (Phi) is 6.22. The molecule has 2 aromatic rings. The number of esters is 1. The van der Waals surface area contributed by atoms with Gasteiger partial charge < -0.3 is 4.74 Å². The second kappa shape index (κ2) is 7.90. The first-order chi connectivity index (χ1) is 12.5. The van der Waals surface area contributed by atoms with E-state index in [1.807, 2.05) is 0 Å². The lowest BCUT2D eigenvalue weighted by atomic mass is 10.1. The summed E-state index contributed by atoms with van der Waals surface area (Å²) in [5, 5.41) is -0.308. The highest BCUT2D eigenvalue weighted by Gasteiger charge is 2.49. The van der Waals surface area contributed by atoms with Gasteiger partial charge in [-0.15, -0.1) is 0 Å². The third kappa shape index (κ3) is 4.45. The Hall–Kier alpha value is -2.05. The Labute approximate surface area is 156 Å². The molecule has 0 spiro atoms. The summed E-state index contributed by atoms with van der Waals surface area (Å²) in [4.78, 5) is 15.0. The molecule has 6 nitrogen and oxygen atoms in total. The third-order valence-corrected chi connectivity index (χ3v) is 6.86. The third-order valence-electron chi connectivity index (χ3n) is 3.50. The molecule has 1 aromatic heterocycles. The fourth-order valence-electron chi connectivity index (χ4n) is 2.33. The van der Waals surface area contributed by atoms with Crippen molar-refractivity contribution in [1.29, 1.82) is 0 Å². The normalized spacial score (nSPS) is 13.6. The zero-order chi connectivity index (χ0) is 20.4. The van der Waals surface area contributed by atoms with E-state index in [9.17, 15) is 30.8 Å². The quantitative estimate of drug-likeness (QED) is 0.523. The molecule has 2 rings (SSSR count). The Morgan fingerprint density at radius 2 is 1.89 bits per heavy atom. The first-order valence-corrected chi connectivity index (χ1v) is 9.66. The maximum Gasteiger partial charge on any atom is 0.409 e. The number of aromatic nitrogens is 1. The Morgan fingerprint density at radius 1 is 1.30 bits per heavy atom. The monoisotopic (exact) mass is 426 g/mol. The topological polar surface area (TPSA) is 76.6 Å². The van der Waals surface area contributed by atoms with E-state index in [0.29, 0.717) is 11.3 Å². The predicted octanol–water partition coefficient (Wildman–Crippen LogP) is 3.38. The summed E-state index contributed by atoms with van der Waals surface area (Å²) in [7, 11) is -3.58. The van der Waals surface area contributed by atoms with Gasteiger partial charge in [0.15, 0.2) is 4.21 Å². The highest BCUT2D eigenvalue weighted by molar-refractivity contribution is 7.91. The van der Waals surface area contributed by atoms with E-state index in [4.69, 9.17) is 0 Å². The molecule has 1 unspecified atom stereocenters. The standard InChI is InChI=1S/C15H14F4N2O4S2/c1-3-21(12(15(17,18)19)9-4-6-10(16)7-5-9)27(23,24)11-8-20-13(26-11)14(22)25-2/h4-8,12H,3H2,1-2H3. The zero-order valence-electron chi connectivity index (χ0n) is 14.0. The van der Waals surface area contributed by atoms with Gasteiger partial charge in [-0.1, -0.05) is 30.4 Å². The number of hydrogen-bond acceptors (Lipinski definition) is 6. The minimum atomic E-state index is -4.96. The number of hydrogen-bond donors (Lipinski definition) is 0. The van der Waals surface area contributed by atoms with E-state index in [1.54, 1.807) is 0 Å². The molecule has 0 radical (unpaired) electrons. The van der Waals surface area contributed by atoms with Crippen molar-refractivity contribution >= 4 is 27.3 Å². The Bertz CT molecular complexity index is 911. The van der Waals surface area contributed by atoms with Crippen LogP contribution >= 0.6 is 11.3 Å². The van der Waals surface area contributed by atoms with Gasteiger partial charge in [-0.2, -0.15) is 17.5 Å². The number of carbonyl (C=O) groups excluding carboxylic acids is 1. The van der Waals surface area contributed by atoms with Crippen molar-refractivity contribution in [2.45, 2.75) is 23.4 Å². The second-order valence-corrected chi connectivity index (χ2v) is 8.33. The van der Waals surface area contributed by atoms with Gasteiger partial charge >= 0.3 is 12.1 Å². The van der Waals surface area contributed by atoms with Gasteiger partial charge in [0.05, 0.1) is 13.3 Å². The van der Waals surface area contributed by atoms with Gasteiger partial charge in [0, 0.05) is 6.54 Å². The summed E-state index contributed by atoms with van der Waals surface area (Å²) in [6.07, 6.45) is -4.16. The number of ether oxygens (including phenoxy) is 1. The van der Waals surface area contributed by atoms with Crippen LogP contribution in [0.15, 0.2) is 34.7 Å². The minimum Gasteiger partial charge on any atom is -0.464 e. The highest BCUT2D eigenvalue weighted by atomic mass is 32.2. The molecule has 0 N–H and O–H groups in total. The molecule has 0 fully saturated rings. The van der Waals surface area contributed by atoms with E-state index in [0.717, 1.165) is 37.6 Å². The van der Waals surface area contributed by atoms with E-state index in [-0.39, 0.29) is 9.31 Å². The first kappa shape index (κ1) is 21.3. The van der Waals surface area contributed by atoms with Crippen LogP contribution in [-0.2, 0) is 14.8 Å². The molecule has 12 heteroatoms. The second-order valence-electron chi connectivity index (χ2n) is 5.18. The van der Waals surface area contributed by atoms with Crippen LogP contribution in [0.3, 0.4) is 0 Å². The molecule has 0 aliphatic carbocycles. The van der Waals surface area contributed by atoms with Crippen molar-refractivity contribution in [2.75, 3.05) is 13.7 Å². The number of carbonyl (C=O) groups is 1. The molecule has 0 saturated heterocycles. The number of sulfonamides is 1. The average Bonchev–Trinajstić information content (AvgIpc) is 3.09. The van der Waals surface area contributed by atoms with Crippen LogP contribution in [0.5, 0.6) is 0 Å². The van der Waals surface area contributed by atoms with Crippen molar-refractivity contribution in [1.82, 2.24) is 9.29 Å². The smallest absolute Gasteiger partial charge is 0.409 e. The van der Waals surface area contributed by atoms with Crippen molar-refractivity contribution in [2.24, 2.45) is 0 Å². The Balaban J connectivity index is 2.53. The number of rotatable bonds is 6. The summed E-state index contributed by atoms with van der Waals surface area (Å²) in [6.45, 7) is 0.720. The molecule has 1 heterocycles. The van der Waals surface area contributed by atoms with E-state index >= 15 is 0 Å². The van der Waals surface area contributed by atoms with Crippen molar-refractivity contribution in [3.05, 3.63) is 46.9 Å². The lowest BCUT2D eigenvalue weighted by molar-refractivity contribution is -0.173. The zero-order valence-corrected chi connectivity index (χ0v) is 15.7. The van der Waals surface area contributed by atoms with Crippen molar-refractivity contribution < 1.29 is 35.5 Å².